The summed E-state index contributed by atoms with van der Waals surface area (Å²) in [4.78, 5) is 11.7. The van der Waals surface area contributed by atoms with E-state index >= 15 is 0 Å². The van der Waals surface area contributed by atoms with Crippen molar-refractivity contribution in [3.63, 3.8) is 0 Å². The lowest BCUT2D eigenvalue weighted by Gasteiger charge is -2.33. The quantitative estimate of drug-likeness (QED) is 0.924. The van der Waals surface area contributed by atoms with Crippen molar-refractivity contribution < 1.29 is 19.0 Å². The van der Waals surface area contributed by atoms with E-state index in [1.54, 1.807) is 7.11 Å². The van der Waals surface area contributed by atoms with Gasteiger partial charge in [-0.15, -0.1) is 0 Å². The molecule has 0 bridgehead atoms. The van der Waals surface area contributed by atoms with E-state index in [4.69, 9.17) is 14.2 Å². The van der Waals surface area contributed by atoms with Crippen molar-refractivity contribution in [2.45, 2.75) is 38.6 Å². The van der Waals surface area contributed by atoms with Gasteiger partial charge in [-0.1, -0.05) is 13.8 Å². The summed E-state index contributed by atoms with van der Waals surface area (Å²) in [6.45, 7) is 4.52. The zero-order chi connectivity index (χ0) is 15.0. The minimum atomic E-state index is -0.185. The molecule has 1 unspecified atom stereocenters. The second-order valence-electron chi connectivity index (χ2n) is 6.07. The first kappa shape index (κ1) is 14.0. The molecular formula is C16H21NO4. The van der Waals surface area contributed by atoms with Crippen LogP contribution in [-0.4, -0.2) is 25.3 Å². The molecule has 1 N–H and O–H groups in total. The third-order valence-electron chi connectivity index (χ3n) is 4.53. The van der Waals surface area contributed by atoms with E-state index in [1.807, 2.05) is 12.1 Å². The van der Waals surface area contributed by atoms with Crippen molar-refractivity contribution in [3.05, 3.63) is 17.7 Å². The highest BCUT2D eigenvalue weighted by atomic mass is 16.7. The number of carbonyl (C=O) groups is 1. The molecule has 5 heteroatoms. The minimum Gasteiger partial charge on any atom is -0.493 e. The lowest BCUT2D eigenvalue weighted by molar-refractivity contribution is -0.120. The van der Waals surface area contributed by atoms with Crippen LogP contribution in [0, 0.1) is 5.92 Å². The van der Waals surface area contributed by atoms with Gasteiger partial charge in [0.1, 0.15) is 0 Å². The maximum Gasteiger partial charge on any atom is 0.231 e. The summed E-state index contributed by atoms with van der Waals surface area (Å²) in [5.41, 5.74) is 0.905. The predicted molar refractivity (Wildman–Crippen MR) is 77.8 cm³/mol. The Hall–Kier alpha value is -1.91. The van der Waals surface area contributed by atoms with Crippen LogP contribution in [-0.2, 0) is 11.2 Å². The molecule has 0 radical (unpaired) electrons. The third kappa shape index (κ3) is 2.41. The van der Waals surface area contributed by atoms with Crippen molar-refractivity contribution in [1.29, 1.82) is 0 Å². The van der Waals surface area contributed by atoms with Crippen LogP contribution in [0.15, 0.2) is 12.1 Å². The number of fused-ring (bicyclic) bond motifs is 1. The smallest absolute Gasteiger partial charge is 0.231 e. The molecule has 3 rings (SSSR count). The van der Waals surface area contributed by atoms with Gasteiger partial charge < -0.3 is 19.5 Å². The van der Waals surface area contributed by atoms with E-state index < -0.39 is 0 Å². The number of benzene rings is 1. The molecule has 2 aliphatic rings. The Labute approximate surface area is 124 Å². The fourth-order valence-electron chi connectivity index (χ4n) is 3.16. The maximum absolute atomic E-state index is 11.7. The SMILES string of the molecule is COc1cc(CC2(C(C)C)CCC(=O)N2)cc2c1OCO2. The van der Waals surface area contributed by atoms with Crippen LogP contribution in [0.2, 0.25) is 0 Å². The summed E-state index contributed by atoms with van der Waals surface area (Å²) in [7, 11) is 1.62. The standard InChI is InChI=1S/C16H21NO4/c1-10(2)16(5-4-14(18)17-16)8-11-6-12(19-3)15-13(7-11)20-9-21-15/h6-7,10H,4-5,8-9H2,1-3H3,(H,17,18). The lowest BCUT2D eigenvalue weighted by Crippen LogP contribution is -2.48. The fourth-order valence-corrected chi connectivity index (χ4v) is 3.16. The lowest BCUT2D eigenvalue weighted by atomic mass is 9.79. The highest BCUT2D eigenvalue weighted by molar-refractivity contribution is 5.79. The van der Waals surface area contributed by atoms with E-state index in [0.717, 1.165) is 18.4 Å². The molecule has 1 fully saturated rings. The van der Waals surface area contributed by atoms with Gasteiger partial charge in [-0.3, -0.25) is 4.79 Å². The predicted octanol–water partition coefficient (Wildman–Crippen LogP) is 2.27. The van der Waals surface area contributed by atoms with Crippen LogP contribution in [0.25, 0.3) is 0 Å². The van der Waals surface area contributed by atoms with E-state index in [0.29, 0.717) is 29.6 Å². The monoisotopic (exact) mass is 291 g/mol. The zero-order valence-electron chi connectivity index (χ0n) is 12.7. The molecule has 0 spiro atoms. The van der Waals surface area contributed by atoms with Crippen LogP contribution in [0.1, 0.15) is 32.3 Å². The first-order valence-electron chi connectivity index (χ1n) is 7.31. The van der Waals surface area contributed by atoms with Crippen molar-refractivity contribution >= 4 is 5.91 Å². The largest absolute Gasteiger partial charge is 0.493 e. The Kier molecular flexibility index (Phi) is 3.43. The molecule has 21 heavy (non-hydrogen) atoms. The van der Waals surface area contributed by atoms with Gasteiger partial charge in [0, 0.05) is 12.0 Å². The van der Waals surface area contributed by atoms with Gasteiger partial charge >= 0.3 is 0 Å². The highest BCUT2D eigenvalue weighted by Crippen LogP contribution is 2.43. The first-order chi connectivity index (χ1) is 10.0. The Morgan fingerprint density at radius 3 is 2.81 bits per heavy atom. The van der Waals surface area contributed by atoms with E-state index in [1.165, 1.54) is 0 Å². The number of amides is 1. The van der Waals surface area contributed by atoms with Crippen molar-refractivity contribution in [1.82, 2.24) is 5.32 Å². The number of rotatable bonds is 4. The molecule has 1 saturated heterocycles. The average Bonchev–Trinajstić information content (AvgIpc) is 3.05. The number of methoxy groups -OCH3 is 1. The molecule has 1 aromatic carbocycles. The third-order valence-corrected chi connectivity index (χ3v) is 4.53. The van der Waals surface area contributed by atoms with Gasteiger partial charge in [-0.05, 0) is 36.5 Å². The summed E-state index contributed by atoms with van der Waals surface area (Å²) < 4.78 is 16.3. The van der Waals surface area contributed by atoms with Crippen molar-refractivity contribution in [2.75, 3.05) is 13.9 Å². The summed E-state index contributed by atoms with van der Waals surface area (Å²) in [5.74, 6) is 2.56. The van der Waals surface area contributed by atoms with Crippen LogP contribution >= 0.6 is 0 Å². The molecule has 0 aromatic heterocycles. The minimum absolute atomic E-state index is 0.136. The van der Waals surface area contributed by atoms with Gasteiger partial charge in [-0.2, -0.15) is 0 Å². The second kappa shape index (κ2) is 5.13. The van der Waals surface area contributed by atoms with Gasteiger partial charge in [0.25, 0.3) is 0 Å². The summed E-state index contributed by atoms with van der Waals surface area (Å²) >= 11 is 0. The number of nitrogens with one attached hydrogen (secondary N) is 1. The van der Waals surface area contributed by atoms with Crippen LogP contribution in [0.4, 0.5) is 0 Å². The Morgan fingerprint density at radius 2 is 2.19 bits per heavy atom. The molecule has 2 aliphatic heterocycles. The van der Waals surface area contributed by atoms with Crippen LogP contribution in [0.3, 0.4) is 0 Å². The molecule has 5 nitrogen and oxygen atoms in total. The summed E-state index contributed by atoms with van der Waals surface area (Å²) in [6.07, 6.45) is 2.23. The second-order valence-corrected chi connectivity index (χ2v) is 6.07. The average molecular weight is 291 g/mol. The topological polar surface area (TPSA) is 56.8 Å². The number of carbonyl (C=O) groups excluding carboxylic acids is 1. The van der Waals surface area contributed by atoms with E-state index in [2.05, 4.69) is 19.2 Å². The van der Waals surface area contributed by atoms with E-state index in [-0.39, 0.29) is 18.2 Å². The van der Waals surface area contributed by atoms with Gasteiger partial charge in [-0.25, -0.2) is 0 Å². The maximum atomic E-state index is 11.7. The van der Waals surface area contributed by atoms with Crippen molar-refractivity contribution in [2.24, 2.45) is 5.92 Å². The first-order valence-corrected chi connectivity index (χ1v) is 7.31. The summed E-state index contributed by atoms with van der Waals surface area (Å²) in [5, 5.41) is 3.17. The Bertz CT molecular complexity index is 570. The van der Waals surface area contributed by atoms with Gasteiger partial charge in [0.15, 0.2) is 11.5 Å². The molecule has 0 aliphatic carbocycles. The molecule has 0 saturated carbocycles. The molecule has 2 heterocycles. The van der Waals surface area contributed by atoms with Crippen LogP contribution in [0.5, 0.6) is 17.2 Å². The Balaban J connectivity index is 1.92. The highest BCUT2D eigenvalue weighted by Gasteiger charge is 2.40. The molecular weight excluding hydrogens is 270 g/mol. The number of ether oxygens (including phenoxy) is 3. The molecule has 1 amide bonds. The molecule has 1 aromatic rings. The normalized spacial score (nSPS) is 23.5. The van der Waals surface area contributed by atoms with E-state index in [9.17, 15) is 4.79 Å². The van der Waals surface area contributed by atoms with Crippen LogP contribution < -0.4 is 19.5 Å². The zero-order valence-corrected chi connectivity index (χ0v) is 12.7. The van der Waals surface area contributed by atoms with Gasteiger partial charge in [0.05, 0.1) is 7.11 Å². The summed E-state index contributed by atoms with van der Waals surface area (Å²) in [6, 6.07) is 3.96. The molecule has 114 valence electrons. The van der Waals surface area contributed by atoms with Gasteiger partial charge in [0.2, 0.25) is 18.4 Å². The number of hydrogen-bond acceptors (Lipinski definition) is 4. The fraction of sp³-hybridized carbons (Fsp3) is 0.562. The number of hydrogen-bond donors (Lipinski definition) is 1. The molecule has 1 atom stereocenters. The Morgan fingerprint density at radius 1 is 1.38 bits per heavy atom. The van der Waals surface area contributed by atoms with Crippen molar-refractivity contribution in [3.8, 4) is 17.2 Å².